The van der Waals surface area contributed by atoms with Crippen LogP contribution in [0.15, 0.2) is 24.5 Å². The largest absolute Gasteiger partial charge is 1.00 e. The fourth-order valence-electron chi connectivity index (χ4n) is 0.712. The van der Waals surface area contributed by atoms with Gasteiger partial charge in [0, 0.05) is 18.6 Å². The van der Waals surface area contributed by atoms with Crippen LogP contribution in [0.4, 0.5) is 0 Å². The fraction of sp³-hybridized carbons (Fsp3) is 0.167. The van der Waals surface area contributed by atoms with E-state index in [0.29, 0.717) is 5.56 Å². The molecule has 0 saturated heterocycles. The monoisotopic (exact) mass is 217 g/mol. The molecule has 13 heavy (non-hydrogen) atoms. The molecule has 0 aliphatic heterocycles. The molecule has 0 spiro atoms. The van der Waals surface area contributed by atoms with Gasteiger partial charge in [-0.3, -0.25) is 4.98 Å². The molecule has 1 rings (SSSR count). The summed E-state index contributed by atoms with van der Waals surface area (Å²) in [6.45, 7) is 0. The molecule has 0 radical (unpaired) electrons. The van der Waals surface area contributed by atoms with Gasteiger partial charge in [0.25, 0.3) is 0 Å². The van der Waals surface area contributed by atoms with Gasteiger partial charge in [-0.2, -0.15) is 0 Å². The van der Waals surface area contributed by atoms with Gasteiger partial charge < -0.3 is 14.4 Å². The minimum atomic E-state index is -4.42. The van der Waals surface area contributed by atoms with Crippen molar-refractivity contribution in [1.29, 1.82) is 0 Å². The van der Waals surface area contributed by atoms with Gasteiger partial charge in [-0.05, 0) is 17.7 Å². The Morgan fingerprint density at radius 2 is 1.69 bits per heavy atom. The molecule has 0 aromatic carbocycles. The summed E-state index contributed by atoms with van der Waals surface area (Å²) in [4.78, 5) is 24.2. The zero-order valence-corrected chi connectivity index (χ0v) is 12.5. The van der Waals surface area contributed by atoms with Gasteiger partial charge in [-0.15, -0.1) is 0 Å². The predicted octanol–water partition coefficient (Wildman–Crippen LogP) is -6.50. The molecule has 0 fully saturated rings. The minimum absolute atomic E-state index is 0. The molecule has 1 heterocycles. The third kappa shape index (κ3) is 8.30. The van der Waals surface area contributed by atoms with Crippen LogP contribution in [0, 0.1) is 0 Å². The van der Waals surface area contributed by atoms with E-state index in [2.05, 4.69) is 4.98 Å². The van der Waals surface area contributed by atoms with Crippen molar-refractivity contribution in [1.82, 2.24) is 4.98 Å². The average Bonchev–Trinajstić information content (AvgIpc) is 1.85. The van der Waals surface area contributed by atoms with Crippen LogP contribution in [-0.2, 0) is 10.7 Å². The predicted molar refractivity (Wildman–Crippen MR) is 35.5 cm³/mol. The smallest absolute Gasteiger partial charge is 0.810 e. The van der Waals surface area contributed by atoms with Crippen molar-refractivity contribution in [2.45, 2.75) is 6.16 Å². The summed E-state index contributed by atoms with van der Waals surface area (Å²) in [5.74, 6) is 0. The third-order valence-corrected chi connectivity index (χ3v) is 1.88. The number of nitrogens with zero attached hydrogens (tertiary/aromatic N) is 1. The van der Waals surface area contributed by atoms with Crippen LogP contribution in [0.25, 0.3) is 0 Å². The number of rotatable bonds is 2. The molecule has 7 heteroatoms. The second-order valence-electron chi connectivity index (χ2n) is 2.12. The molecule has 1 aromatic rings. The quantitative estimate of drug-likeness (QED) is 0.364. The van der Waals surface area contributed by atoms with Gasteiger partial charge in [-0.1, -0.05) is 7.60 Å². The maximum Gasteiger partial charge on any atom is 1.00 e. The summed E-state index contributed by atoms with van der Waals surface area (Å²) in [6, 6.07) is 3.00. The SMILES string of the molecule is O=P([O-])([O-])Cc1ccncc1.[Na+].[Na+]. The average molecular weight is 217 g/mol. The maximum atomic E-state index is 10.3. The van der Waals surface area contributed by atoms with E-state index in [1.807, 2.05) is 0 Å². The second kappa shape index (κ2) is 7.57. The Bertz CT molecular complexity index is 276. The van der Waals surface area contributed by atoms with Crippen LogP contribution in [0.3, 0.4) is 0 Å². The van der Waals surface area contributed by atoms with Gasteiger partial charge >= 0.3 is 59.1 Å². The van der Waals surface area contributed by atoms with Crippen molar-refractivity contribution in [3.05, 3.63) is 30.1 Å². The number of hydrogen-bond acceptors (Lipinski definition) is 4. The Labute approximate surface area is 121 Å². The Balaban J connectivity index is 0. The molecule has 1 aromatic heterocycles. The molecule has 0 aliphatic carbocycles. The minimum Gasteiger partial charge on any atom is -0.810 e. The molecule has 0 bridgehead atoms. The molecule has 60 valence electrons. The van der Waals surface area contributed by atoms with Gasteiger partial charge in [0.2, 0.25) is 0 Å². The first-order valence-corrected chi connectivity index (χ1v) is 4.71. The topological polar surface area (TPSA) is 76.1 Å². The summed E-state index contributed by atoms with van der Waals surface area (Å²) in [7, 11) is -4.42. The first-order chi connectivity index (χ1) is 5.08. The van der Waals surface area contributed by atoms with E-state index >= 15 is 0 Å². The van der Waals surface area contributed by atoms with Gasteiger partial charge in [0.15, 0.2) is 0 Å². The third-order valence-electron chi connectivity index (χ3n) is 1.13. The van der Waals surface area contributed by atoms with E-state index in [0.717, 1.165) is 0 Å². The summed E-state index contributed by atoms with van der Waals surface area (Å²) >= 11 is 0. The van der Waals surface area contributed by atoms with E-state index in [1.165, 1.54) is 24.5 Å². The first kappa shape index (κ1) is 16.7. The van der Waals surface area contributed by atoms with E-state index in [-0.39, 0.29) is 59.1 Å². The number of pyridine rings is 1. The zero-order chi connectivity index (χ0) is 8.32. The molecule has 0 amide bonds. The van der Waals surface area contributed by atoms with E-state index in [1.54, 1.807) is 0 Å². The Hall–Kier alpha value is 1.30. The standard InChI is InChI=1S/C6H8NO3P.2Na/c8-11(9,10)5-6-1-3-7-4-2-6;;/h1-4H,5H2,(H2,8,9,10);;/q;2*+1/p-2. The van der Waals surface area contributed by atoms with Crippen molar-refractivity contribution in [3.63, 3.8) is 0 Å². The van der Waals surface area contributed by atoms with Crippen LogP contribution in [0.1, 0.15) is 5.56 Å². The molecule has 0 atom stereocenters. The van der Waals surface area contributed by atoms with Crippen LogP contribution in [0.2, 0.25) is 0 Å². The molecule has 0 saturated carbocycles. The van der Waals surface area contributed by atoms with Crippen molar-refractivity contribution in [3.8, 4) is 0 Å². The summed E-state index contributed by atoms with van der Waals surface area (Å²) in [5.41, 5.74) is 0.480. The molecular weight excluding hydrogens is 211 g/mol. The summed E-state index contributed by atoms with van der Waals surface area (Å²) in [6.07, 6.45) is 2.46. The normalized spacial score (nSPS) is 9.69. The first-order valence-electron chi connectivity index (χ1n) is 2.98. The Morgan fingerprint density at radius 3 is 2.08 bits per heavy atom. The second-order valence-corrected chi connectivity index (χ2v) is 3.66. The Kier molecular flexibility index (Phi) is 9.74. The maximum absolute atomic E-state index is 10.3. The molecule has 0 aliphatic rings. The zero-order valence-electron chi connectivity index (χ0n) is 7.64. The van der Waals surface area contributed by atoms with Crippen LogP contribution in [-0.4, -0.2) is 4.98 Å². The van der Waals surface area contributed by atoms with E-state index in [9.17, 15) is 14.4 Å². The molecular formula is C6H6NNa2O3P. The van der Waals surface area contributed by atoms with Crippen molar-refractivity contribution >= 4 is 7.60 Å². The molecule has 0 unspecified atom stereocenters. The van der Waals surface area contributed by atoms with Crippen molar-refractivity contribution in [2.75, 3.05) is 0 Å². The fourth-order valence-corrected chi connectivity index (χ4v) is 1.37. The molecule has 4 nitrogen and oxygen atoms in total. The van der Waals surface area contributed by atoms with E-state index in [4.69, 9.17) is 0 Å². The van der Waals surface area contributed by atoms with E-state index < -0.39 is 13.8 Å². The van der Waals surface area contributed by atoms with Crippen LogP contribution >= 0.6 is 7.60 Å². The number of aromatic nitrogens is 1. The van der Waals surface area contributed by atoms with Gasteiger partial charge in [0.1, 0.15) is 0 Å². The van der Waals surface area contributed by atoms with Crippen LogP contribution < -0.4 is 68.9 Å². The summed E-state index contributed by atoms with van der Waals surface area (Å²) < 4.78 is 10.3. The van der Waals surface area contributed by atoms with Gasteiger partial charge in [0.05, 0.1) is 0 Å². The summed E-state index contributed by atoms with van der Waals surface area (Å²) in [5, 5.41) is 0. The van der Waals surface area contributed by atoms with Crippen molar-refractivity contribution < 1.29 is 73.5 Å². The van der Waals surface area contributed by atoms with Crippen molar-refractivity contribution in [2.24, 2.45) is 0 Å². The Morgan fingerprint density at radius 1 is 1.23 bits per heavy atom. The molecule has 0 N–H and O–H groups in total. The van der Waals surface area contributed by atoms with Crippen LogP contribution in [0.5, 0.6) is 0 Å². The number of hydrogen-bond donors (Lipinski definition) is 0. The van der Waals surface area contributed by atoms with Gasteiger partial charge in [-0.25, -0.2) is 0 Å².